The van der Waals surface area contributed by atoms with Crippen LogP contribution in [-0.2, 0) is 6.42 Å². The van der Waals surface area contributed by atoms with E-state index in [2.05, 4.69) is 17.1 Å². The van der Waals surface area contributed by atoms with Gasteiger partial charge in [0.05, 0.1) is 12.6 Å². The van der Waals surface area contributed by atoms with E-state index in [1.54, 1.807) is 7.11 Å². The van der Waals surface area contributed by atoms with Crippen molar-refractivity contribution < 1.29 is 4.74 Å². The molecule has 0 aliphatic heterocycles. The smallest absolute Gasteiger partial charge is 0.130 e. The van der Waals surface area contributed by atoms with Crippen molar-refractivity contribution in [2.24, 2.45) is 5.73 Å². The van der Waals surface area contributed by atoms with Gasteiger partial charge in [0, 0.05) is 17.1 Å². The molecule has 1 aromatic carbocycles. The van der Waals surface area contributed by atoms with Crippen LogP contribution in [-0.4, -0.2) is 18.6 Å². The highest BCUT2D eigenvalue weighted by Crippen LogP contribution is 2.26. The molecule has 0 aliphatic carbocycles. The Kier molecular flexibility index (Phi) is 3.06. The third kappa shape index (κ3) is 1.99. The number of nitrogens with two attached hydrogens (primary N) is 1. The Hall–Kier alpha value is -1.61. The monoisotopic (exact) mass is 216 g/mol. The topological polar surface area (TPSA) is 48.1 Å². The van der Waals surface area contributed by atoms with Crippen LogP contribution in [0.15, 0.2) is 24.3 Å². The molecule has 3 nitrogen and oxygen atoms in total. The fourth-order valence-electron chi connectivity index (χ4n) is 1.86. The molecule has 0 aliphatic rings. The van der Waals surface area contributed by atoms with Gasteiger partial charge < -0.3 is 10.5 Å². The number of aromatic nitrogens is 1. The van der Waals surface area contributed by atoms with E-state index in [1.165, 1.54) is 5.56 Å². The highest BCUT2D eigenvalue weighted by atomic mass is 16.5. The number of rotatable bonds is 3. The van der Waals surface area contributed by atoms with E-state index >= 15 is 0 Å². The number of fused-ring (bicyclic) bond motifs is 1. The van der Waals surface area contributed by atoms with Crippen LogP contribution in [0.5, 0.6) is 5.75 Å². The van der Waals surface area contributed by atoms with Gasteiger partial charge in [0.1, 0.15) is 5.75 Å². The molecule has 0 radical (unpaired) electrons. The lowest BCUT2D eigenvalue weighted by molar-refractivity contribution is 0.419. The molecule has 2 N–H and O–H groups in total. The number of benzene rings is 1. The first-order valence-electron chi connectivity index (χ1n) is 5.39. The van der Waals surface area contributed by atoms with Crippen molar-refractivity contribution >= 4 is 10.9 Å². The first-order chi connectivity index (χ1) is 7.74. The molecule has 0 saturated carbocycles. The van der Waals surface area contributed by atoms with E-state index in [0.717, 1.165) is 28.8 Å². The molecule has 1 heterocycles. The van der Waals surface area contributed by atoms with Gasteiger partial charge in [-0.05, 0) is 37.6 Å². The molecule has 0 saturated heterocycles. The van der Waals surface area contributed by atoms with Gasteiger partial charge >= 0.3 is 0 Å². The van der Waals surface area contributed by atoms with Crippen LogP contribution in [0.2, 0.25) is 0 Å². The standard InChI is InChI=1S/C13H16N2O/c1-9-7-13(16-2)11-8-10(5-6-14)3-4-12(11)15-9/h3-4,7-8H,5-6,14H2,1-2H3. The van der Waals surface area contributed by atoms with Crippen LogP contribution in [0, 0.1) is 6.92 Å². The second-order valence-corrected chi connectivity index (χ2v) is 3.86. The minimum Gasteiger partial charge on any atom is -0.496 e. The molecular weight excluding hydrogens is 200 g/mol. The van der Waals surface area contributed by atoms with Crippen molar-refractivity contribution in [2.45, 2.75) is 13.3 Å². The molecule has 3 heteroatoms. The minimum atomic E-state index is 0.660. The van der Waals surface area contributed by atoms with Crippen molar-refractivity contribution in [1.29, 1.82) is 0 Å². The summed E-state index contributed by atoms with van der Waals surface area (Å²) in [6, 6.07) is 8.15. The van der Waals surface area contributed by atoms with E-state index in [0.29, 0.717) is 6.54 Å². The second kappa shape index (κ2) is 4.49. The van der Waals surface area contributed by atoms with Crippen LogP contribution in [0.25, 0.3) is 10.9 Å². The lowest BCUT2D eigenvalue weighted by Crippen LogP contribution is -2.02. The van der Waals surface area contributed by atoms with Crippen LogP contribution in [0.4, 0.5) is 0 Å². The lowest BCUT2D eigenvalue weighted by atomic mass is 10.1. The molecule has 0 atom stereocenters. The maximum atomic E-state index is 5.55. The third-order valence-electron chi connectivity index (χ3n) is 2.62. The summed E-state index contributed by atoms with van der Waals surface area (Å²) in [5.41, 5.74) is 8.71. The summed E-state index contributed by atoms with van der Waals surface area (Å²) >= 11 is 0. The molecule has 84 valence electrons. The van der Waals surface area contributed by atoms with Crippen molar-refractivity contribution in [3.8, 4) is 5.75 Å². The quantitative estimate of drug-likeness (QED) is 0.854. The molecule has 16 heavy (non-hydrogen) atoms. The molecule has 0 unspecified atom stereocenters. The van der Waals surface area contributed by atoms with Crippen LogP contribution in [0.3, 0.4) is 0 Å². The number of hydrogen-bond acceptors (Lipinski definition) is 3. The van der Waals surface area contributed by atoms with E-state index < -0.39 is 0 Å². The summed E-state index contributed by atoms with van der Waals surface area (Å²) < 4.78 is 5.37. The molecule has 2 aromatic rings. The van der Waals surface area contributed by atoms with Crippen molar-refractivity contribution in [3.05, 3.63) is 35.5 Å². The Balaban J connectivity index is 2.61. The highest BCUT2D eigenvalue weighted by molar-refractivity contribution is 5.85. The zero-order valence-corrected chi connectivity index (χ0v) is 9.66. The molecule has 0 bridgehead atoms. The number of aryl methyl sites for hydroxylation is 1. The predicted octanol–water partition coefficient (Wildman–Crippen LogP) is 2.05. The van der Waals surface area contributed by atoms with Gasteiger partial charge in [-0.2, -0.15) is 0 Å². The van der Waals surface area contributed by atoms with Gasteiger partial charge in [0.15, 0.2) is 0 Å². The number of nitrogens with zero attached hydrogens (tertiary/aromatic N) is 1. The third-order valence-corrected chi connectivity index (χ3v) is 2.62. The first-order valence-corrected chi connectivity index (χ1v) is 5.39. The fraction of sp³-hybridized carbons (Fsp3) is 0.308. The zero-order chi connectivity index (χ0) is 11.5. The van der Waals surface area contributed by atoms with Crippen molar-refractivity contribution in [1.82, 2.24) is 4.98 Å². The Bertz CT molecular complexity index is 509. The van der Waals surface area contributed by atoms with Crippen LogP contribution >= 0.6 is 0 Å². The van der Waals surface area contributed by atoms with Gasteiger partial charge in [-0.1, -0.05) is 6.07 Å². The van der Waals surface area contributed by atoms with Crippen LogP contribution in [0.1, 0.15) is 11.3 Å². The predicted molar refractivity (Wildman–Crippen MR) is 65.8 cm³/mol. The molecule has 2 rings (SSSR count). The van der Waals surface area contributed by atoms with Crippen molar-refractivity contribution in [3.63, 3.8) is 0 Å². The molecule has 0 amide bonds. The maximum absolute atomic E-state index is 5.55. The normalized spacial score (nSPS) is 10.7. The van der Waals surface area contributed by atoms with Crippen LogP contribution < -0.4 is 10.5 Å². The average molecular weight is 216 g/mol. The summed E-state index contributed by atoms with van der Waals surface area (Å²) in [4.78, 5) is 4.47. The van der Waals surface area contributed by atoms with E-state index in [1.807, 2.05) is 19.1 Å². The minimum absolute atomic E-state index is 0.660. The highest BCUT2D eigenvalue weighted by Gasteiger charge is 2.05. The van der Waals surface area contributed by atoms with Gasteiger partial charge in [0.2, 0.25) is 0 Å². The first kappa shape index (κ1) is 10.9. The van der Waals surface area contributed by atoms with E-state index in [9.17, 15) is 0 Å². The molecular formula is C13H16N2O. The van der Waals surface area contributed by atoms with Gasteiger partial charge in [0.25, 0.3) is 0 Å². The summed E-state index contributed by atoms with van der Waals surface area (Å²) in [6.07, 6.45) is 0.882. The molecule has 0 fully saturated rings. The molecule has 0 spiro atoms. The van der Waals surface area contributed by atoms with Gasteiger partial charge in [-0.3, -0.25) is 4.98 Å². The largest absolute Gasteiger partial charge is 0.496 e. The maximum Gasteiger partial charge on any atom is 0.130 e. The summed E-state index contributed by atoms with van der Waals surface area (Å²) in [6.45, 7) is 2.63. The summed E-state index contributed by atoms with van der Waals surface area (Å²) in [5, 5.41) is 1.05. The Morgan fingerprint density at radius 1 is 1.31 bits per heavy atom. The number of methoxy groups -OCH3 is 1. The lowest BCUT2D eigenvalue weighted by Gasteiger charge is -2.08. The number of pyridine rings is 1. The Morgan fingerprint density at radius 2 is 2.12 bits per heavy atom. The fourth-order valence-corrected chi connectivity index (χ4v) is 1.86. The van der Waals surface area contributed by atoms with Crippen molar-refractivity contribution in [2.75, 3.05) is 13.7 Å². The SMILES string of the molecule is COc1cc(C)nc2ccc(CCN)cc12. The number of ether oxygens (including phenoxy) is 1. The second-order valence-electron chi connectivity index (χ2n) is 3.86. The summed E-state index contributed by atoms with van der Waals surface area (Å²) in [5.74, 6) is 0.876. The van der Waals surface area contributed by atoms with Gasteiger partial charge in [-0.25, -0.2) is 0 Å². The Morgan fingerprint density at radius 3 is 2.81 bits per heavy atom. The number of hydrogen-bond donors (Lipinski definition) is 1. The average Bonchev–Trinajstić information content (AvgIpc) is 2.29. The van der Waals surface area contributed by atoms with E-state index in [4.69, 9.17) is 10.5 Å². The molecule has 1 aromatic heterocycles. The zero-order valence-electron chi connectivity index (χ0n) is 9.66. The Labute approximate surface area is 95.2 Å². The van der Waals surface area contributed by atoms with Gasteiger partial charge in [-0.15, -0.1) is 0 Å². The summed E-state index contributed by atoms with van der Waals surface area (Å²) in [7, 11) is 1.68. The van der Waals surface area contributed by atoms with E-state index in [-0.39, 0.29) is 0 Å².